The fraction of sp³-hybridized carbons (Fsp3) is 0.533. The maximum atomic E-state index is 14.2. The number of rotatable bonds is 5. The molecule has 1 aliphatic rings. The van der Waals surface area contributed by atoms with E-state index in [9.17, 15) is 9.18 Å². The van der Waals surface area contributed by atoms with E-state index in [0.717, 1.165) is 12.0 Å². The highest BCUT2D eigenvalue weighted by atomic mass is 19.1. The molecule has 21 heavy (non-hydrogen) atoms. The number of ether oxygens (including phenoxy) is 1. The van der Waals surface area contributed by atoms with Crippen molar-refractivity contribution >= 4 is 11.6 Å². The molecular formula is C15H22FN3O2. The first-order chi connectivity index (χ1) is 10.2. The molecule has 0 saturated carbocycles. The van der Waals surface area contributed by atoms with E-state index >= 15 is 0 Å². The maximum Gasteiger partial charge on any atom is 0.245 e. The molecule has 0 aliphatic carbocycles. The number of benzene rings is 1. The number of nitrogens with one attached hydrogen (secondary N) is 1. The molecule has 2 rings (SSSR count). The number of amides is 1. The minimum Gasteiger partial charge on any atom is -0.377 e. The van der Waals surface area contributed by atoms with Gasteiger partial charge in [-0.15, -0.1) is 0 Å². The molecule has 1 atom stereocenters. The lowest BCUT2D eigenvalue weighted by molar-refractivity contribution is -0.124. The van der Waals surface area contributed by atoms with Gasteiger partial charge in [-0.25, -0.2) is 4.39 Å². The van der Waals surface area contributed by atoms with Crippen molar-refractivity contribution in [2.75, 3.05) is 31.2 Å². The predicted octanol–water partition coefficient (Wildman–Crippen LogP) is 1.02. The highest BCUT2D eigenvalue weighted by Crippen LogP contribution is 2.24. The molecule has 1 amide bonds. The Morgan fingerprint density at radius 3 is 3.05 bits per heavy atom. The molecule has 5 nitrogen and oxygen atoms in total. The average Bonchev–Trinajstić information content (AvgIpc) is 2.52. The molecule has 3 N–H and O–H groups in total. The first-order valence-electron chi connectivity index (χ1n) is 7.28. The van der Waals surface area contributed by atoms with Crippen LogP contribution in [-0.2, 0) is 16.1 Å². The minimum absolute atomic E-state index is 0.126. The van der Waals surface area contributed by atoms with Crippen molar-refractivity contribution in [1.82, 2.24) is 5.32 Å². The van der Waals surface area contributed by atoms with Crippen LogP contribution in [0, 0.1) is 5.82 Å². The van der Waals surface area contributed by atoms with Crippen LogP contribution < -0.4 is 16.0 Å². The van der Waals surface area contributed by atoms with Gasteiger partial charge in [0.15, 0.2) is 0 Å². The molecule has 1 saturated heterocycles. The number of halogens is 1. The molecule has 1 aromatic rings. The normalized spacial score (nSPS) is 18.6. The Bertz CT molecular complexity index is 496. The highest BCUT2D eigenvalue weighted by Gasteiger charge is 2.30. The van der Waals surface area contributed by atoms with Crippen LogP contribution in [0.25, 0.3) is 0 Å². The monoisotopic (exact) mass is 295 g/mol. The van der Waals surface area contributed by atoms with Gasteiger partial charge in [0.1, 0.15) is 11.9 Å². The largest absolute Gasteiger partial charge is 0.377 e. The van der Waals surface area contributed by atoms with Crippen LogP contribution in [0.4, 0.5) is 10.1 Å². The Labute approximate surface area is 124 Å². The van der Waals surface area contributed by atoms with Crippen LogP contribution in [0.5, 0.6) is 0 Å². The second kappa shape index (κ2) is 7.38. The molecule has 1 heterocycles. The third kappa shape index (κ3) is 3.71. The van der Waals surface area contributed by atoms with E-state index in [0.29, 0.717) is 31.9 Å². The number of carbonyl (C=O) groups is 1. The Morgan fingerprint density at radius 2 is 2.38 bits per heavy atom. The fourth-order valence-electron chi connectivity index (χ4n) is 2.39. The van der Waals surface area contributed by atoms with Crippen molar-refractivity contribution < 1.29 is 13.9 Å². The summed E-state index contributed by atoms with van der Waals surface area (Å²) in [5.74, 6) is -0.480. The average molecular weight is 295 g/mol. The van der Waals surface area contributed by atoms with Gasteiger partial charge in [-0.05, 0) is 24.1 Å². The summed E-state index contributed by atoms with van der Waals surface area (Å²) < 4.78 is 19.6. The number of hydrogen-bond acceptors (Lipinski definition) is 4. The molecule has 1 fully saturated rings. The van der Waals surface area contributed by atoms with Gasteiger partial charge in [0.25, 0.3) is 0 Å². The topological polar surface area (TPSA) is 67.6 Å². The summed E-state index contributed by atoms with van der Waals surface area (Å²) in [5.41, 5.74) is 6.67. The second-order valence-corrected chi connectivity index (χ2v) is 5.07. The molecule has 1 aliphatic heterocycles. The Balaban J connectivity index is 2.20. The van der Waals surface area contributed by atoms with E-state index in [1.165, 1.54) is 6.07 Å². The molecular weight excluding hydrogens is 273 g/mol. The third-order valence-corrected chi connectivity index (χ3v) is 3.54. The van der Waals surface area contributed by atoms with Crippen molar-refractivity contribution in [2.45, 2.75) is 25.9 Å². The Kier molecular flexibility index (Phi) is 5.52. The molecule has 0 radical (unpaired) electrons. The van der Waals surface area contributed by atoms with Crippen molar-refractivity contribution in [3.63, 3.8) is 0 Å². The summed E-state index contributed by atoms with van der Waals surface area (Å²) in [6.07, 6.45) is 0.860. The molecule has 1 aromatic carbocycles. The zero-order valence-corrected chi connectivity index (χ0v) is 12.3. The first-order valence-corrected chi connectivity index (χ1v) is 7.28. The van der Waals surface area contributed by atoms with E-state index in [1.807, 2.05) is 6.92 Å². The van der Waals surface area contributed by atoms with Gasteiger partial charge in [0, 0.05) is 19.6 Å². The smallest absolute Gasteiger partial charge is 0.245 e. The van der Waals surface area contributed by atoms with Gasteiger partial charge < -0.3 is 20.7 Å². The summed E-state index contributed by atoms with van der Waals surface area (Å²) in [7, 11) is 0. The zero-order chi connectivity index (χ0) is 15.2. The van der Waals surface area contributed by atoms with Gasteiger partial charge >= 0.3 is 0 Å². The van der Waals surface area contributed by atoms with Crippen LogP contribution in [-0.4, -0.2) is 38.3 Å². The Hall–Kier alpha value is -1.66. The summed E-state index contributed by atoms with van der Waals surface area (Å²) in [6.45, 7) is 4.13. The Morgan fingerprint density at radius 1 is 1.57 bits per heavy atom. The lowest BCUT2D eigenvalue weighted by Crippen LogP contribution is -2.54. The number of nitrogens with two attached hydrogens (primary N) is 1. The quantitative estimate of drug-likeness (QED) is 0.851. The summed E-state index contributed by atoms with van der Waals surface area (Å²) >= 11 is 0. The standard InChI is InChI=1S/C15H22FN3O2/c1-2-5-18-15(20)14-10-21-7-6-19(14)13-4-3-11(9-17)8-12(13)16/h3-4,8,14H,2,5-7,9-10,17H2,1H3,(H,18,20). The molecule has 0 spiro atoms. The van der Waals surface area contributed by atoms with Crippen LogP contribution in [0.3, 0.4) is 0 Å². The SMILES string of the molecule is CCCNC(=O)C1COCCN1c1ccc(CN)cc1F. The van der Waals surface area contributed by atoms with E-state index in [2.05, 4.69) is 5.32 Å². The van der Waals surface area contributed by atoms with Gasteiger partial charge in [-0.3, -0.25) is 4.79 Å². The van der Waals surface area contributed by atoms with E-state index in [1.54, 1.807) is 17.0 Å². The highest BCUT2D eigenvalue weighted by molar-refractivity contribution is 5.85. The summed E-state index contributed by atoms with van der Waals surface area (Å²) in [5, 5.41) is 2.84. The molecule has 116 valence electrons. The van der Waals surface area contributed by atoms with Crippen molar-refractivity contribution in [1.29, 1.82) is 0 Å². The number of morpholine rings is 1. The number of nitrogens with zero attached hydrogens (tertiary/aromatic N) is 1. The fourth-order valence-corrected chi connectivity index (χ4v) is 2.39. The predicted molar refractivity (Wildman–Crippen MR) is 79.5 cm³/mol. The van der Waals surface area contributed by atoms with E-state index in [4.69, 9.17) is 10.5 Å². The van der Waals surface area contributed by atoms with E-state index in [-0.39, 0.29) is 18.3 Å². The lowest BCUT2D eigenvalue weighted by Gasteiger charge is -2.36. The number of hydrogen-bond donors (Lipinski definition) is 2. The van der Waals surface area contributed by atoms with Crippen molar-refractivity contribution in [3.8, 4) is 0 Å². The third-order valence-electron chi connectivity index (χ3n) is 3.54. The summed E-state index contributed by atoms with van der Waals surface area (Å²) in [6, 6.07) is 4.40. The van der Waals surface area contributed by atoms with Crippen LogP contribution >= 0.6 is 0 Å². The zero-order valence-electron chi connectivity index (χ0n) is 12.3. The van der Waals surface area contributed by atoms with Gasteiger partial charge in [0.2, 0.25) is 5.91 Å². The van der Waals surface area contributed by atoms with Crippen LogP contribution in [0.15, 0.2) is 18.2 Å². The minimum atomic E-state index is -0.497. The molecule has 1 unspecified atom stereocenters. The molecule has 6 heteroatoms. The second-order valence-electron chi connectivity index (χ2n) is 5.07. The lowest BCUT2D eigenvalue weighted by atomic mass is 10.1. The summed E-state index contributed by atoms with van der Waals surface area (Å²) in [4.78, 5) is 14.0. The molecule has 0 bridgehead atoms. The van der Waals surface area contributed by atoms with Crippen molar-refractivity contribution in [3.05, 3.63) is 29.6 Å². The van der Waals surface area contributed by atoms with Gasteiger partial charge in [-0.2, -0.15) is 0 Å². The number of carbonyl (C=O) groups excluding carboxylic acids is 1. The first kappa shape index (κ1) is 15.7. The number of anilines is 1. The maximum absolute atomic E-state index is 14.2. The van der Waals surface area contributed by atoms with Crippen LogP contribution in [0.1, 0.15) is 18.9 Å². The van der Waals surface area contributed by atoms with Crippen molar-refractivity contribution in [2.24, 2.45) is 5.73 Å². The van der Waals surface area contributed by atoms with Gasteiger partial charge in [0.05, 0.1) is 18.9 Å². The van der Waals surface area contributed by atoms with Crippen LogP contribution in [0.2, 0.25) is 0 Å². The molecule has 0 aromatic heterocycles. The van der Waals surface area contributed by atoms with Gasteiger partial charge in [-0.1, -0.05) is 13.0 Å². The van der Waals surface area contributed by atoms with E-state index < -0.39 is 6.04 Å².